The summed E-state index contributed by atoms with van der Waals surface area (Å²) in [6.45, 7) is 2.45. The Kier molecular flexibility index (Phi) is 3.27. The van der Waals surface area contributed by atoms with E-state index in [0.29, 0.717) is 23.7 Å². The minimum Gasteiger partial charge on any atom is -0.478 e. The van der Waals surface area contributed by atoms with Gasteiger partial charge in [-0.3, -0.25) is 0 Å². The van der Waals surface area contributed by atoms with E-state index in [1.54, 1.807) is 30.5 Å². The SMILES string of the molecule is CCOc1ccc(-c2nn(C(N)=O)c3cc[c]cc23)cn1. The molecule has 1 aromatic carbocycles. The lowest BCUT2D eigenvalue weighted by molar-refractivity contribution is 0.248. The van der Waals surface area contributed by atoms with Gasteiger partial charge in [0.15, 0.2) is 0 Å². The van der Waals surface area contributed by atoms with Gasteiger partial charge in [0.25, 0.3) is 0 Å². The van der Waals surface area contributed by atoms with Crippen LogP contribution < -0.4 is 10.5 Å². The quantitative estimate of drug-likeness (QED) is 0.798. The van der Waals surface area contributed by atoms with Gasteiger partial charge < -0.3 is 10.5 Å². The van der Waals surface area contributed by atoms with Crippen molar-refractivity contribution in [2.24, 2.45) is 5.73 Å². The number of nitrogens with two attached hydrogens (primary N) is 1. The summed E-state index contributed by atoms with van der Waals surface area (Å²) in [5.41, 5.74) is 7.41. The fourth-order valence-electron chi connectivity index (χ4n) is 2.14. The number of carbonyl (C=O) groups excluding carboxylic acids is 1. The molecule has 0 saturated heterocycles. The first-order valence-corrected chi connectivity index (χ1v) is 6.48. The first-order valence-electron chi connectivity index (χ1n) is 6.48. The Bertz CT molecular complexity index is 793. The van der Waals surface area contributed by atoms with E-state index < -0.39 is 6.03 Å². The molecule has 1 amide bonds. The second-order valence-corrected chi connectivity index (χ2v) is 4.36. The molecule has 6 heteroatoms. The third kappa shape index (κ3) is 2.31. The predicted octanol–water partition coefficient (Wildman–Crippen LogP) is 2.22. The molecule has 0 unspecified atom stereocenters. The molecule has 1 radical (unpaired) electrons. The molecule has 2 N–H and O–H groups in total. The molecule has 6 nitrogen and oxygen atoms in total. The molecule has 0 fully saturated rings. The molecule has 3 aromatic rings. The number of ether oxygens (including phenoxy) is 1. The van der Waals surface area contributed by atoms with Crippen molar-refractivity contribution in [3.63, 3.8) is 0 Å². The smallest absolute Gasteiger partial charge is 0.340 e. The van der Waals surface area contributed by atoms with Gasteiger partial charge in [-0.2, -0.15) is 9.78 Å². The van der Waals surface area contributed by atoms with E-state index in [0.717, 1.165) is 10.9 Å². The molecule has 0 saturated carbocycles. The summed E-state index contributed by atoms with van der Waals surface area (Å²) in [6.07, 6.45) is 1.66. The molecule has 3 rings (SSSR count). The summed E-state index contributed by atoms with van der Waals surface area (Å²) in [6, 6.07) is 11.2. The summed E-state index contributed by atoms with van der Waals surface area (Å²) < 4.78 is 6.49. The number of rotatable bonds is 3. The number of hydrogen-bond acceptors (Lipinski definition) is 4. The number of hydrogen-bond donors (Lipinski definition) is 1. The van der Waals surface area contributed by atoms with Crippen LogP contribution in [0.1, 0.15) is 6.92 Å². The first-order chi connectivity index (χ1) is 10.2. The third-order valence-corrected chi connectivity index (χ3v) is 3.04. The van der Waals surface area contributed by atoms with Crippen LogP contribution in [0.4, 0.5) is 4.79 Å². The number of carbonyl (C=O) groups is 1. The third-order valence-electron chi connectivity index (χ3n) is 3.04. The van der Waals surface area contributed by atoms with Gasteiger partial charge in [-0.1, -0.05) is 6.07 Å². The zero-order valence-corrected chi connectivity index (χ0v) is 11.4. The number of aromatic nitrogens is 3. The van der Waals surface area contributed by atoms with Gasteiger partial charge in [-0.05, 0) is 31.2 Å². The van der Waals surface area contributed by atoms with Crippen LogP contribution in [0, 0.1) is 6.07 Å². The second kappa shape index (κ2) is 5.24. The highest BCUT2D eigenvalue weighted by Gasteiger charge is 2.14. The molecule has 0 aliphatic rings. The number of nitrogens with zero attached hydrogens (tertiary/aromatic N) is 3. The maximum atomic E-state index is 11.5. The predicted molar refractivity (Wildman–Crippen MR) is 78.0 cm³/mol. The van der Waals surface area contributed by atoms with Crippen molar-refractivity contribution < 1.29 is 9.53 Å². The van der Waals surface area contributed by atoms with E-state index in [1.165, 1.54) is 4.68 Å². The summed E-state index contributed by atoms with van der Waals surface area (Å²) in [4.78, 5) is 15.7. The largest absolute Gasteiger partial charge is 0.478 e. The fraction of sp³-hybridized carbons (Fsp3) is 0.133. The Morgan fingerprint density at radius 3 is 2.95 bits per heavy atom. The number of fused-ring (bicyclic) bond motifs is 1. The second-order valence-electron chi connectivity index (χ2n) is 4.36. The molecule has 105 valence electrons. The topological polar surface area (TPSA) is 83.0 Å². The highest BCUT2D eigenvalue weighted by atomic mass is 16.5. The number of pyridine rings is 1. The molecule has 0 atom stereocenters. The normalized spacial score (nSPS) is 10.7. The van der Waals surface area contributed by atoms with E-state index in [9.17, 15) is 4.79 Å². The van der Waals surface area contributed by atoms with E-state index in [2.05, 4.69) is 16.1 Å². The Balaban J connectivity index is 2.13. The minimum absolute atomic E-state index is 0.548. The van der Waals surface area contributed by atoms with Gasteiger partial charge in [0, 0.05) is 23.2 Å². The number of benzene rings is 1. The maximum absolute atomic E-state index is 11.5. The van der Waals surface area contributed by atoms with Gasteiger partial charge in [0.2, 0.25) is 5.88 Å². The van der Waals surface area contributed by atoms with Crippen LogP contribution in [0.25, 0.3) is 22.2 Å². The van der Waals surface area contributed by atoms with Crippen molar-refractivity contribution in [2.75, 3.05) is 6.61 Å². The van der Waals surface area contributed by atoms with Crippen LogP contribution in [-0.4, -0.2) is 27.4 Å². The van der Waals surface area contributed by atoms with Crippen molar-refractivity contribution >= 4 is 16.9 Å². The van der Waals surface area contributed by atoms with Crippen molar-refractivity contribution in [3.8, 4) is 17.1 Å². The van der Waals surface area contributed by atoms with Crippen molar-refractivity contribution in [1.29, 1.82) is 0 Å². The molecular weight excluding hydrogens is 268 g/mol. The van der Waals surface area contributed by atoms with Crippen LogP contribution in [0.3, 0.4) is 0 Å². The lowest BCUT2D eigenvalue weighted by Crippen LogP contribution is -2.20. The van der Waals surface area contributed by atoms with Crippen LogP contribution in [0.2, 0.25) is 0 Å². The van der Waals surface area contributed by atoms with E-state index in [1.807, 2.05) is 13.0 Å². The van der Waals surface area contributed by atoms with Crippen LogP contribution in [0.15, 0.2) is 36.5 Å². The molecule has 2 aromatic heterocycles. The highest BCUT2D eigenvalue weighted by molar-refractivity contribution is 5.98. The zero-order chi connectivity index (χ0) is 14.8. The van der Waals surface area contributed by atoms with Gasteiger partial charge in [-0.15, -0.1) is 0 Å². The summed E-state index contributed by atoms with van der Waals surface area (Å²) in [5, 5.41) is 5.07. The Morgan fingerprint density at radius 1 is 1.43 bits per heavy atom. The van der Waals surface area contributed by atoms with Crippen LogP contribution >= 0.6 is 0 Å². The number of amides is 1. The minimum atomic E-state index is -0.628. The molecule has 2 heterocycles. The van der Waals surface area contributed by atoms with Crippen molar-refractivity contribution in [2.45, 2.75) is 6.92 Å². The van der Waals surface area contributed by atoms with Crippen molar-refractivity contribution in [1.82, 2.24) is 14.8 Å². The summed E-state index contributed by atoms with van der Waals surface area (Å²) >= 11 is 0. The Morgan fingerprint density at radius 2 is 2.29 bits per heavy atom. The van der Waals surface area contributed by atoms with E-state index >= 15 is 0 Å². The standard InChI is InChI=1S/C15H13N4O2/c1-2-21-13-8-7-10(9-17-13)14-11-5-3-4-6-12(11)19(18-14)15(16)20/h4-9H,2H2,1H3,(H2,16,20). The van der Waals surface area contributed by atoms with Crippen LogP contribution in [-0.2, 0) is 0 Å². The molecule has 0 aliphatic carbocycles. The Labute approximate surface area is 121 Å². The lowest BCUT2D eigenvalue weighted by atomic mass is 10.1. The first kappa shape index (κ1) is 13.1. The molecular formula is C15H13N4O2. The molecule has 0 spiro atoms. The Hall–Kier alpha value is -2.89. The van der Waals surface area contributed by atoms with Gasteiger partial charge in [0.1, 0.15) is 5.69 Å². The van der Waals surface area contributed by atoms with E-state index in [4.69, 9.17) is 10.5 Å². The monoisotopic (exact) mass is 281 g/mol. The van der Waals surface area contributed by atoms with Gasteiger partial charge >= 0.3 is 6.03 Å². The number of primary amides is 1. The van der Waals surface area contributed by atoms with Gasteiger partial charge in [-0.25, -0.2) is 9.78 Å². The molecule has 0 aliphatic heterocycles. The van der Waals surface area contributed by atoms with Crippen molar-refractivity contribution in [3.05, 3.63) is 42.6 Å². The zero-order valence-electron chi connectivity index (χ0n) is 11.4. The highest BCUT2D eigenvalue weighted by Crippen LogP contribution is 2.27. The average molecular weight is 281 g/mol. The molecule has 21 heavy (non-hydrogen) atoms. The summed E-state index contributed by atoms with van der Waals surface area (Å²) in [7, 11) is 0. The van der Waals surface area contributed by atoms with Gasteiger partial charge in [0.05, 0.1) is 12.1 Å². The molecule has 0 bridgehead atoms. The maximum Gasteiger partial charge on any atom is 0.340 e. The van der Waals surface area contributed by atoms with E-state index in [-0.39, 0.29) is 0 Å². The summed E-state index contributed by atoms with van der Waals surface area (Å²) in [5.74, 6) is 0.548. The average Bonchev–Trinajstić information content (AvgIpc) is 2.88. The lowest BCUT2D eigenvalue weighted by Gasteiger charge is -2.02. The fourth-order valence-corrected chi connectivity index (χ4v) is 2.14. The van der Waals surface area contributed by atoms with Crippen LogP contribution in [0.5, 0.6) is 5.88 Å².